The van der Waals surface area contributed by atoms with Crippen molar-refractivity contribution in [2.24, 2.45) is 5.41 Å². The average Bonchev–Trinajstić information content (AvgIpc) is 2.79. The van der Waals surface area contributed by atoms with E-state index < -0.39 is 11.4 Å². The van der Waals surface area contributed by atoms with Crippen molar-refractivity contribution in [3.63, 3.8) is 0 Å². The van der Waals surface area contributed by atoms with Crippen molar-refractivity contribution in [2.45, 2.75) is 53.1 Å². The molecule has 1 aromatic heterocycles. The molecule has 0 bridgehead atoms. The highest BCUT2D eigenvalue weighted by Gasteiger charge is 2.39. The monoisotopic (exact) mass is 279 g/mol. The molecular weight excluding hydrogens is 254 g/mol. The minimum Gasteiger partial charge on any atom is -0.481 e. The molecule has 1 N–H and O–H groups in total. The number of carboxylic acids is 1. The number of carboxylic acid groups (broad SMARTS) is 1. The third kappa shape index (κ3) is 2.87. The molecule has 1 fully saturated rings. The second-order valence-electron chi connectivity index (χ2n) is 5.81. The number of piperidine rings is 1. The van der Waals surface area contributed by atoms with Gasteiger partial charge in [0.1, 0.15) is 0 Å². The summed E-state index contributed by atoms with van der Waals surface area (Å²) in [4.78, 5) is 13.8. The van der Waals surface area contributed by atoms with E-state index in [0.717, 1.165) is 51.1 Å². The topological polar surface area (TPSA) is 58.4 Å². The van der Waals surface area contributed by atoms with Gasteiger partial charge in [-0.3, -0.25) is 14.4 Å². The van der Waals surface area contributed by atoms with Crippen LogP contribution in [0.3, 0.4) is 0 Å². The maximum absolute atomic E-state index is 11.4. The Hall–Kier alpha value is -1.36. The zero-order valence-corrected chi connectivity index (χ0v) is 12.7. The van der Waals surface area contributed by atoms with Gasteiger partial charge in [0.25, 0.3) is 0 Å². The second-order valence-corrected chi connectivity index (χ2v) is 5.81. The highest BCUT2D eigenvalue weighted by atomic mass is 16.4. The van der Waals surface area contributed by atoms with Gasteiger partial charge in [-0.2, -0.15) is 5.10 Å². The van der Waals surface area contributed by atoms with Crippen LogP contribution in [0.5, 0.6) is 0 Å². The first-order valence-electron chi connectivity index (χ1n) is 7.50. The summed E-state index contributed by atoms with van der Waals surface area (Å²) >= 11 is 0. The van der Waals surface area contributed by atoms with Crippen molar-refractivity contribution in [3.8, 4) is 0 Å². The van der Waals surface area contributed by atoms with Gasteiger partial charge in [-0.05, 0) is 52.3 Å². The van der Waals surface area contributed by atoms with Crippen LogP contribution in [-0.4, -0.2) is 38.8 Å². The van der Waals surface area contributed by atoms with E-state index in [-0.39, 0.29) is 0 Å². The van der Waals surface area contributed by atoms with E-state index in [1.165, 1.54) is 5.69 Å². The lowest BCUT2D eigenvalue weighted by Crippen LogP contribution is -2.43. The van der Waals surface area contributed by atoms with E-state index in [1.54, 1.807) is 0 Å². The molecule has 0 radical (unpaired) electrons. The molecular formula is C15H25N3O2. The van der Waals surface area contributed by atoms with Crippen molar-refractivity contribution in [1.29, 1.82) is 0 Å². The van der Waals surface area contributed by atoms with Crippen LogP contribution in [0, 0.1) is 12.3 Å². The van der Waals surface area contributed by atoms with Crippen LogP contribution in [0.25, 0.3) is 0 Å². The molecule has 2 heterocycles. The molecule has 2 rings (SSSR count). The lowest BCUT2D eigenvalue weighted by molar-refractivity contribution is -0.152. The zero-order valence-electron chi connectivity index (χ0n) is 12.7. The van der Waals surface area contributed by atoms with E-state index in [1.807, 2.05) is 18.5 Å². The van der Waals surface area contributed by atoms with Crippen molar-refractivity contribution in [2.75, 3.05) is 13.1 Å². The molecule has 112 valence electrons. The number of aromatic nitrogens is 2. The van der Waals surface area contributed by atoms with Crippen LogP contribution in [0.1, 0.15) is 44.5 Å². The summed E-state index contributed by atoms with van der Waals surface area (Å²) in [5.74, 6) is -0.630. The predicted octanol–water partition coefficient (Wildman–Crippen LogP) is 2.29. The molecule has 1 aliphatic heterocycles. The first-order valence-corrected chi connectivity index (χ1v) is 7.50. The Balaban J connectivity index is 1.99. The Bertz CT molecular complexity index is 473. The van der Waals surface area contributed by atoms with Gasteiger partial charge in [0.2, 0.25) is 0 Å². The average molecular weight is 279 g/mol. The molecule has 0 aliphatic carbocycles. The molecule has 0 saturated carbocycles. The van der Waals surface area contributed by atoms with Crippen LogP contribution in [0.4, 0.5) is 0 Å². The Morgan fingerprint density at radius 3 is 2.55 bits per heavy atom. The molecule has 1 aliphatic rings. The smallest absolute Gasteiger partial charge is 0.309 e. The van der Waals surface area contributed by atoms with Gasteiger partial charge in [0.15, 0.2) is 0 Å². The number of nitrogens with zero attached hydrogens (tertiary/aromatic N) is 3. The number of likely N-dealkylation sites (tertiary alicyclic amines) is 1. The van der Waals surface area contributed by atoms with Gasteiger partial charge in [-0.1, -0.05) is 6.92 Å². The number of aliphatic carboxylic acids is 1. The van der Waals surface area contributed by atoms with Gasteiger partial charge >= 0.3 is 5.97 Å². The normalized spacial score (nSPS) is 19.1. The summed E-state index contributed by atoms with van der Waals surface area (Å²) in [5, 5.41) is 13.9. The van der Waals surface area contributed by atoms with Crippen molar-refractivity contribution in [1.82, 2.24) is 14.7 Å². The van der Waals surface area contributed by atoms with E-state index in [0.29, 0.717) is 0 Å². The third-order valence-electron chi connectivity index (χ3n) is 4.61. The fraction of sp³-hybridized carbons (Fsp3) is 0.733. The highest BCUT2D eigenvalue weighted by Crippen LogP contribution is 2.35. The Kier molecular flexibility index (Phi) is 4.48. The maximum atomic E-state index is 11.4. The van der Waals surface area contributed by atoms with Crippen LogP contribution in [0.2, 0.25) is 0 Å². The molecule has 1 aromatic rings. The first kappa shape index (κ1) is 15.0. The van der Waals surface area contributed by atoms with Gasteiger partial charge in [-0.15, -0.1) is 0 Å². The largest absolute Gasteiger partial charge is 0.481 e. The molecule has 0 spiro atoms. The third-order valence-corrected chi connectivity index (χ3v) is 4.61. The SMILES string of the molecule is CCn1nc(C)cc1CN1CCC(CC)(C(=O)O)CC1. The fourth-order valence-electron chi connectivity index (χ4n) is 3.09. The molecule has 5 heteroatoms. The Labute approximate surface area is 120 Å². The summed E-state index contributed by atoms with van der Waals surface area (Å²) in [6.45, 7) is 9.55. The number of aryl methyl sites for hydroxylation is 2. The van der Waals surface area contributed by atoms with Gasteiger partial charge in [0.05, 0.1) is 16.8 Å². The lowest BCUT2D eigenvalue weighted by atomic mass is 9.76. The zero-order chi connectivity index (χ0) is 14.8. The number of rotatable bonds is 5. The van der Waals surface area contributed by atoms with Crippen LogP contribution < -0.4 is 0 Å². The molecule has 0 atom stereocenters. The lowest BCUT2D eigenvalue weighted by Gasteiger charge is -2.38. The molecule has 0 amide bonds. The van der Waals surface area contributed by atoms with Gasteiger partial charge in [0, 0.05) is 13.1 Å². The molecule has 0 unspecified atom stereocenters. The van der Waals surface area contributed by atoms with Crippen molar-refractivity contribution < 1.29 is 9.90 Å². The summed E-state index contributed by atoms with van der Waals surface area (Å²) in [6.07, 6.45) is 2.22. The minimum atomic E-state index is -0.630. The highest BCUT2D eigenvalue weighted by molar-refractivity contribution is 5.74. The Morgan fingerprint density at radius 2 is 2.05 bits per heavy atom. The van der Waals surface area contributed by atoms with Gasteiger partial charge < -0.3 is 5.11 Å². The van der Waals surface area contributed by atoms with E-state index >= 15 is 0 Å². The first-order chi connectivity index (χ1) is 9.50. The predicted molar refractivity (Wildman–Crippen MR) is 77.5 cm³/mol. The Morgan fingerprint density at radius 1 is 1.40 bits per heavy atom. The van der Waals surface area contributed by atoms with E-state index in [9.17, 15) is 9.90 Å². The molecule has 20 heavy (non-hydrogen) atoms. The van der Waals surface area contributed by atoms with Crippen LogP contribution in [-0.2, 0) is 17.9 Å². The van der Waals surface area contributed by atoms with Gasteiger partial charge in [-0.25, -0.2) is 0 Å². The van der Waals surface area contributed by atoms with E-state index in [4.69, 9.17) is 0 Å². The number of carbonyl (C=O) groups is 1. The molecule has 1 saturated heterocycles. The number of hydrogen-bond acceptors (Lipinski definition) is 3. The van der Waals surface area contributed by atoms with Crippen molar-refractivity contribution in [3.05, 3.63) is 17.5 Å². The summed E-state index contributed by atoms with van der Waals surface area (Å²) in [6, 6.07) is 2.13. The van der Waals surface area contributed by atoms with E-state index in [2.05, 4.69) is 23.0 Å². The quantitative estimate of drug-likeness (QED) is 0.898. The standard InChI is InChI=1S/C15H25N3O2/c1-4-15(14(19)20)6-8-17(9-7-15)11-13-10-12(3)16-18(13)5-2/h10H,4-9,11H2,1-3H3,(H,19,20). The minimum absolute atomic E-state index is 0.503. The molecule has 0 aromatic carbocycles. The van der Waals surface area contributed by atoms with Crippen LogP contribution >= 0.6 is 0 Å². The number of hydrogen-bond donors (Lipinski definition) is 1. The fourth-order valence-corrected chi connectivity index (χ4v) is 3.09. The second kappa shape index (κ2) is 5.95. The summed E-state index contributed by atoms with van der Waals surface area (Å²) < 4.78 is 2.04. The molecule has 5 nitrogen and oxygen atoms in total. The maximum Gasteiger partial charge on any atom is 0.309 e. The van der Waals surface area contributed by atoms with Crippen LogP contribution in [0.15, 0.2) is 6.07 Å². The summed E-state index contributed by atoms with van der Waals surface area (Å²) in [5.41, 5.74) is 1.77. The summed E-state index contributed by atoms with van der Waals surface area (Å²) in [7, 11) is 0. The van der Waals surface area contributed by atoms with Crippen molar-refractivity contribution >= 4 is 5.97 Å².